The van der Waals surface area contributed by atoms with Gasteiger partial charge in [-0.05, 0) is 13.8 Å². The van der Waals surface area contributed by atoms with Gasteiger partial charge in [-0.2, -0.15) is 0 Å². The molecule has 0 unspecified atom stereocenters. The first-order valence-electron chi connectivity index (χ1n) is 3.50. The molecule has 0 amide bonds. The van der Waals surface area contributed by atoms with Gasteiger partial charge in [0.05, 0.1) is 12.0 Å². The van der Waals surface area contributed by atoms with Crippen LogP contribution in [0.2, 0.25) is 0 Å². The third kappa shape index (κ3) is 1.29. The van der Waals surface area contributed by atoms with Crippen molar-refractivity contribution < 1.29 is 14.6 Å². The molecule has 0 spiro atoms. The summed E-state index contributed by atoms with van der Waals surface area (Å²) in [7, 11) is 0. The van der Waals surface area contributed by atoms with Crippen molar-refractivity contribution >= 4 is 5.97 Å². The quantitative estimate of drug-likeness (QED) is 0.498. The minimum Gasteiger partial charge on any atom is -0.462 e. The fraction of sp³-hybridized carbons (Fsp3) is 0.857. The standard InChI is InChI=1S/C7H12O3/c1-4-3-6(8)5(2)7(9)10-4/h4-6,8H,3H2,1-2H3/t4-,5+,6+/m0/s1. The highest BCUT2D eigenvalue weighted by Crippen LogP contribution is 2.19. The van der Waals surface area contributed by atoms with Crippen molar-refractivity contribution in [3.63, 3.8) is 0 Å². The molecule has 1 N–H and O–H groups in total. The lowest BCUT2D eigenvalue weighted by Gasteiger charge is -2.27. The maximum absolute atomic E-state index is 10.8. The second-order valence-corrected chi connectivity index (χ2v) is 2.84. The van der Waals surface area contributed by atoms with Crippen molar-refractivity contribution in [1.82, 2.24) is 0 Å². The highest BCUT2D eigenvalue weighted by Gasteiger charge is 2.31. The Balaban J connectivity index is 2.57. The van der Waals surface area contributed by atoms with Crippen molar-refractivity contribution in [2.24, 2.45) is 5.92 Å². The molecule has 10 heavy (non-hydrogen) atoms. The van der Waals surface area contributed by atoms with Gasteiger partial charge in [0, 0.05) is 6.42 Å². The fourth-order valence-electron chi connectivity index (χ4n) is 1.06. The van der Waals surface area contributed by atoms with Gasteiger partial charge in [-0.15, -0.1) is 0 Å². The van der Waals surface area contributed by atoms with E-state index in [9.17, 15) is 9.90 Å². The molecule has 1 aliphatic rings. The Morgan fingerprint density at radius 1 is 1.60 bits per heavy atom. The molecule has 3 heteroatoms. The highest BCUT2D eigenvalue weighted by atomic mass is 16.5. The Kier molecular flexibility index (Phi) is 1.94. The van der Waals surface area contributed by atoms with Crippen molar-refractivity contribution in [2.45, 2.75) is 32.5 Å². The van der Waals surface area contributed by atoms with Crippen LogP contribution in [0.3, 0.4) is 0 Å². The zero-order valence-electron chi connectivity index (χ0n) is 6.20. The second kappa shape index (κ2) is 2.58. The predicted molar refractivity (Wildman–Crippen MR) is 35.3 cm³/mol. The lowest BCUT2D eigenvalue weighted by molar-refractivity contribution is -0.166. The van der Waals surface area contributed by atoms with E-state index >= 15 is 0 Å². The van der Waals surface area contributed by atoms with E-state index in [4.69, 9.17) is 4.74 Å². The van der Waals surface area contributed by atoms with Gasteiger partial charge < -0.3 is 9.84 Å². The van der Waals surface area contributed by atoms with E-state index in [1.807, 2.05) is 0 Å². The smallest absolute Gasteiger partial charge is 0.311 e. The monoisotopic (exact) mass is 144 g/mol. The number of aliphatic hydroxyl groups excluding tert-OH is 1. The molecule has 0 bridgehead atoms. The third-order valence-corrected chi connectivity index (χ3v) is 1.84. The number of aliphatic hydroxyl groups is 1. The zero-order valence-corrected chi connectivity index (χ0v) is 6.20. The van der Waals surface area contributed by atoms with Gasteiger partial charge in [0.15, 0.2) is 0 Å². The summed E-state index contributed by atoms with van der Waals surface area (Å²) in [5.41, 5.74) is 0. The van der Waals surface area contributed by atoms with Crippen molar-refractivity contribution in [3.8, 4) is 0 Å². The van der Waals surface area contributed by atoms with E-state index in [0.29, 0.717) is 6.42 Å². The van der Waals surface area contributed by atoms with Crippen LogP contribution in [0, 0.1) is 5.92 Å². The number of ether oxygens (including phenoxy) is 1. The number of hydrogen-bond donors (Lipinski definition) is 1. The second-order valence-electron chi connectivity index (χ2n) is 2.84. The van der Waals surface area contributed by atoms with Gasteiger partial charge in [0.2, 0.25) is 0 Å². The lowest BCUT2D eigenvalue weighted by Crippen LogP contribution is -2.38. The van der Waals surface area contributed by atoms with Gasteiger partial charge in [-0.25, -0.2) is 0 Å². The van der Waals surface area contributed by atoms with Crippen molar-refractivity contribution in [2.75, 3.05) is 0 Å². The summed E-state index contributed by atoms with van der Waals surface area (Å²) in [5.74, 6) is -0.637. The number of cyclic esters (lactones) is 1. The summed E-state index contributed by atoms with van der Waals surface area (Å²) < 4.78 is 4.87. The first-order chi connectivity index (χ1) is 4.61. The Labute approximate surface area is 60.0 Å². The Morgan fingerprint density at radius 3 is 2.70 bits per heavy atom. The van der Waals surface area contributed by atoms with E-state index in [2.05, 4.69) is 0 Å². The summed E-state index contributed by atoms with van der Waals surface area (Å²) in [6.45, 7) is 3.46. The van der Waals surface area contributed by atoms with Crippen molar-refractivity contribution in [3.05, 3.63) is 0 Å². The number of rotatable bonds is 0. The van der Waals surface area contributed by atoms with E-state index in [-0.39, 0.29) is 18.0 Å². The van der Waals surface area contributed by atoms with Gasteiger partial charge in [-0.1, -0.05) is 0 Å². The normalized spacial score (nSPS) is 41.1. The van der Waals surface area contributed by atoms with Crippen LogP contribution in [-0.2, 0) is 9.53 Å². The van der Waals surface area contributed by atoms with Gasteiger partial charge in [0.1, 0.15) is 6.10 Å². The minimum atomic E-state index is -0.517. The molecule has 58 valence electrons. The van der Waals surface area contributed by atoms with Crippen LogP contribution in [-0.4, -0.2) is 23.3 Å². The summed E-state index contributed by atoms with van der Waals surface area (Å²) >= 11 is 0. The van der Waals surface area contributed by atoms with Crippen LogP contribution in [0.5, 0.6) is 0 Å². The molecule has 1 aliphatic heterocycles. The Hall–Kier alpha value is -0.570. The summed E-state index contributed by atoms with van der Waals surface area (Å²) in [4.78, 5) is 10.8. The largest absolute Gasteiger partial charge is 0.462 e. The molecule has 1 rings (SSSR count). The average Bonchev–Trinajstić information content (AvgIpc) is 1.82. The number of carbonyl (C=O) groups is 1. The fourth-order valence-corrected chi connectivity index (χ4v) is 1.06. The molecule has 0 aromatic carbocycles. The van der Waals surface area contributed by atoms with Crippen molar-refractivity contribution in [1.29, 1.82) is 0 Å². The third-order valence-electron chi connectivity index (χ3n) is 1.84. The Morgan fingerprint density at radius 2 is 2.20 bits per heavy atom. The van der Waals surface area contributed by atoms with Crippen LogP contribution in [0.25, 0.3) is 0 Å². The van der Waals surface area contributed by atoms with Crippen LogP contribution < -0.4 is 0 Å². The summed E-state index contributed by atoms with van der Waals surface area (Å²) in [5, 5.41) is 9.22. The van der Waals surface area contributed by atoms with Crippen LogP contribution in [0.4, 0.5) is 0 Å². The maximum Gasteiger partial charge on any atom is 0.311 e. The molecule has 1 fully saturated rings. The molecule has 3 atom stereocenters. The van der Waals surface area contributed by atoms with Crippen LogP contribution in [0.15, 0.2) is 0 Å². The highest BCUT2D eigenvalue weighted by molar-refractivity contribution is 5.73. The van der Waals surface area contributed by atoms with Gasteiger partial charge in [-0.3, -0.25) is 4.79 Å². The van der Waals surface area contributed by atoms with E-state index in [1.165, 1.54) is 0 Å². The number of carbonyl (C=O) groups excluding carboxylic acids is 1. The molecular weight excluding hydrogens is 132 g/mol. The van der Waals surface area contributed by atoms with Crippen LogP contribution >= 0.6 is 0 Å². The topological polar surface area (TPSA) is 46.5 Å². The van der Waals surface area contributed by atoms with E-state index < -0.39 is 6.10 Å². The van der Waals surface area contributed by atoms with Gasteiger partial charge in [0.25, 0.3) is 0 Å². The Bertz CT molecular complexity index is 144. The average molecular weight is 144 g/mol. The number of hydrogen-bond acceptors (Lipinski definition) is 3. The lowest BCUT2D eigenvalue weighted by atomic mass is 9.97. The molecule has 3 nitrogen and oxygen atoms in total. The molecule has 0 aromatic heterocycles. The molecule has 0 aliphatic carbocycles. The SMILES string of the molecule is C[C@H]1C[C@@H](O)[C@@H](C)C(=O)O1. The molecular formula is C7H12O3. The maximum atomic E-state index is 10.8. The minimum absolute atomic E-state index is 0.126. The van der Waals surface area contributed by atoms with Crippen LogP contribution in [0.1, 0.15) is 20.3 Å². The van der Waals surface area contributed by atoms with Gasteiger partial charge >= 0.3 is 5.97 Å². The van der Waals surface area contributed by atoms with E-state index in [1.54, 1.807) is 13.8 Å². The molecule has 1 heterocycles. The molecule has 0 saturated carbocycles. The first-order valence-corrected chi connectivity index (χ1v) is 3.50. The predicted octanol–water partition coefficient (Wildman–Crippen LogP) is 0.319. The summed E-state index contributed by atoms with van der Waals surface area (Å²) in [6, 6.07) is 0. The van der Waals surface area contributed by atoms with E-state index in [0.717, 1.165) is 0 Å². The number of esters is 1. The molecule has 0 aromatic rings. The molecule has 1 saturated heterocycles. The summed E-state index contributed by atoms with van der Waals surface area (Å²) in [6.07, 6.45) is -0.0812. The first kappa shape index (κ1) is 7.54. The zero-order chi connectivity index (χ0) is 7.72. The molecule has 0 radical (unpaired) electrons.